The average Bonchev–Trinajstić information content (AvgIpc) is 2.79. The van der Waals surface area contributed by atoms with Crippen LogP contribution >= 0.6 is 34.2 Å². The summed E-state index contributed by atoms with van der Waals surface area (Å²) in [6.07, 6.45) is 1.72. The molecule has 0 amide bonds. The monoisotopic (exact) mass is 399 g/mol. The number of rotatable bonds is 3. The molecule has 0 radical (unpaired) electrons. The van der Waals surface area contributed by atoms with Crippen LogP contribution in [0.2, 0.25) is 5.02 Å². The number of aromatic nitrogens is 3. The number of hydrogen-bond donors (Lipinski definition) is 0. The van der Waals surface area contributed by atoms with Gasteiger partial charge in [0.05, 0.1) is 15.2 Å². The van der Waals surface area contributed by atoms with Gasteiger partial charge in [-0.1, -0.05) is 29.8 Å². The van der Waals surface area contributed by atoms with Crippen LogP contribution in [0.4, 0.5) is 0 Å². The molecular weight excluding hydrogens is 389 g/mol. The number of hydrogen-bond acceptors (Lipinski definition) is 3. The summed E-state index contributed by atoms with van der Waals surface area (Å²) >= 11 is 8.49. The number of fused-ring (bicyclic) bond motifs is 1. The third kappa shape index (κ3) is 2.25. The van der Waals surface area contributed by atoms with E-state index < -0.39 is 0 Å². The molecule has 0 aliphatic carbocycles. The molecule has 102 valence electrons. The molecule has 0 atom stereocenters. The zero-order valence-electron chi connectivity index (χ0n) is 10.7. The third-order valence-corrected chi connectivity index (χ3v) is 4.17. The molecular formula is C14H11ClIN3O. The normalized spacial score (nSPS) is 10.9. The number of ether oxygens (including phenoxy) is 1. The van der Waals surface area contributed by atoms with Gasteiger partial charge in [-0.15, -0.1) is 0 Å². The average molecular weight is 400 g/mol. The maximum Gasteiger partial charge on any atom is 0.218 e. The standard InChI is InChI=1S/C14H11ClIN3O/c1-2-20-11-7-8-17-14-12(16)13(18-19(11)14)9-5-3-4-6-10(9)15/h3-8H,2H2,1H3. The minimum Gasteiger partial charge on any atom is -0.478 e. The van der Waals surface area contributed by atoms with Gasteiger partial charge in [0.15, 0.2) is 5.65 Å². The first kappa shape index (κ1) is 13.6. The van der Waals surface area contributed by atoms with Gasteiger partial charge >= 0.3 is 0 Å². The fourth-order valence-electron chi connectivity index (χ4n) is 1.98. The lowest BCUT2D eigenvalue weighted by molar-refractivity contribution is 0.317. The molecule has 6 heteroatoms. The second-order valence-electron chi connectivity index (χ2n) is 4.09. The van der Waals surface area contributed by atoms with Gasteiger partial charge in [0.2, 0.25) is 5.88 Å². The zero-order valence-corrected chi connectivity index (χ0v) is 13.6. The molecule has 0 aliphatic rings. The topological polar surface area (TPSA) is 39.4 Å². The van der Waals surface area contributed by atoms with Crippen molar-refractivity contribution in [3.05, 3.63) is 45.1 Å². The van der Waals surface area contributed by atoms with Gasteiger partial charge in [0.1, 0.15) is 5.69 Å². The lowest BCUT2D eigenvalue weighted by Crippen LogP contribution is -2.00. The van der Waals surface area contributed by atoms with Crippen molar-refractivity contribution in [1.29, 1.82) is 0 Å². The number of halogens is 2. The first-order valence-electron chi connectivity index (χ1n) is 6.13. The Morgan fingerprint density at radius 1 is 1.30 bits per heavy atom. The van der Waals surface area contributed by atoms with Gasteiger partial charge < -0.3 is 4.74 Å². The van der Waals surface area contributed by atoms with Crippen LogP contribution in [0.3, 0.4) is 0 Å². The van der Waals surface area contributed by atoms with Crippen molar-refractivity contribution in [3.8, 4) is 17.1 Å². The van der Waals surface area contributed by atoms with Gasteiger partial charge in [-0.3, -0.25) is 0 Å². The first-order chi connectivity index (χ1) is 9.72. The smallest absolute Gasteiger partial charge is 0.218 e. The summed E-state index contributed by atoms with van der Waals surface area (Å²) in [6, 6.07) is 9.45. The molecule has 0 fully saturated rings. The second-order valence-corrected chi connectivity index (χ2v) is 5.58. The van der Waals surface area contributed by atoms with Crippen LogP contribution in [0, 0.1) is 3.57 Å². The lowest BCUT2D eigenvalue weighted by Gasteiger charge is -2.03. The summed E-state index contributed by atoms with van der Waals surface area (Å²) in [7, 11) is 0. The molecule has 0 saturated heterocycles. The highest BCUT2D eigenvalue weighted by Gasteiger charge is 2.17. The Morgan fingerprint density at radius 2 is 2.10 bits per heavy atom. The summed E-state index contributed by atoms with van der Waals surface area (Å²) in [5, 5.41) is 5.27. The zero-order chi connectivity index (χ0) is 14.1. The van der Waals surface area contributed by atoms with E-state index >= 15 is 0 Å². The van der Waals surface area contributed by atoms with E-state index in [0.717, 1.165) is 20.5 Å². The van der Waals surface area contributed by atoms with E-state index in [1.807, 2.05) is 31.2 Å². The van der Waals surface area contributed by atoms with E-state index in [1.54, 1.807) is 16.8 Å². The maximum absolute atomic E-state index is 6.26. The fraction of sp³-hybridized carbons (Fsp3) is 0.143. The molecule has 0 saturated carbocycles. The van der Waals surface area contributed by atoms with E-state index in [-0.39, 0.29) is 0 Å². The molecule has 3 aromatic rings. The molecule has 0 bridgehead atoms. The molecule has 4 nitrogen and oxygen atoms in total. The minimum absolute atomic E-state index is 0.580. The van der Waals surface area contributed by atoms with Crippen molar-refractivity contribution in [1.82, 2.24) is 14.6 Å². The Hall–Kier alpha value is -1.34. The highest BCUT2D eigenvalue weighted by Crippen LogP contribution is 2.32. The van der Waals surface area contributed by atoms with E-state index in [0.29, 0.717) is 17.5 Å². The summed E-state index contributed by atoms with van der Waals surface area (Å²) < 4.78 is 8.25. The molecule has 2 aromatic heterocycles. The number of nitrogens with zero attached hydrogens (tertiary/aromatic N) is 3. The van der Waals surface area contributed by atoms with Crippen LogP contribution in [0.25, 0.3) is 16.9 Å². The predicted molar refractivity (Wildman–Crippen MR) is 87.3 cm³/mol. The van der Waals surface area contributed by atoms with Gasteiger partial charge in [-0.25, -0.2) is 4.98 Å². The van der Waals surface area contributed by atoms with Crippen molar-refractivity contribution in [3.63, 3.8) is 0 Å². The largest absolute Gasteiger partial charge is 0.478 e. The fourth-order valence-corrected chi connectivity index (χ4v) is 2.97. The third-order valence-electron chi connectivity index (χ3n) is 2.85. The van der Waals surface area contributed by atoms with E-state index in [9.17, 15) is 0 Å². The molecule has 3 rings (SSSR count). The van der Waals surface area contributed by atoms with Crippen molar-refractivity contribution in [2.24, 2.45) is 0 Å². The quantitative estimate of drug-likeness (QED) is 0.624. The van der Waals surface area contributed by atoms with Crippen LogP contribution in [0.15, 0.2) is 36.5 Å². The van der Waals surface area contributed by atoms with Gasteiger partial charge in [-0.05, 0) is 35.6 Å². The van der Waals surface area contributed by atoms with Crippen LogP contribution in [0.1, 0.15) is 6.92 Å². The Balaban J connectivity index is 2.26. The Morgan fingerprint density at radius 3 is 2.85 bits per heavy atom. The summed E-state index contributed by atoms with van der Waals surface area (Å²) in [6.45, 7) is 2.52. The lowest BCUT2D eigenvalue weighted by atomic mass is 10.1. The Bertz CT molecular complexity index is 772. The highest BCUT2D eigenvalue weighted by molar-refractivity contribution is 14.1. The predicted octanol–water partition coefficient (Wildman–Crippen LogP) is 4.05. The summed E-state index contributed by atoms with van der Waals surface area (Å²) in [4.78, 5) is 4.37. The SMILES string of the molecule is CCOc1ccnc2c(I)c(-c3ccccc3Cl)nn12. The maximum atomic E-state index is 6.26. The summed E-state index contributed by atoms with van der Waals surface area (Å²) in [5.74, 6) is 0.675. The molecule has 2 heterocycles. The highest BCUT2D eigenvalue weighted by atomic mass is 127. The summed E-state index contributed by atoms with van der Waals surface area (Å²) in [5.41, 5.74) is 2.48. The molecule has 1 aromatic carbocycles. The molecule has 0 spiro atoms. The molecule has 20 heavy (non-hydrogen) atoms. The Labute approximate surface area is 134 Å². The van der Waals surface area contributed by atoms with Crippen molar-refractivity contribution >= 4 is 39.8 Å². The van der Waals surface area contributed by atoms with E-state index in [1.165, 1.54) is 0 Å². The van der Waals surface area contributed by atoms with E-state index in [4.69, 9.17) is 16.3 Å². The Kier molecular flexibility index (Phi) is 3.80. The van der Waals surface area contributed by atoms with Crippen molar-refractivity contribution in [2.75, 3.05) is 6.61 Å². The van der Waals surface area contributed by atoms with Crippen molar-refractivity contribution in [2.45, 2.75) is 6.92 Å². The van der Waals surface area contributed by atoms with Crippen molar-refractivity contribution < 1.29 is 4.74 Å². The van der Waals surface area contributed by atoms with E-state index in [2.05, 4.69) is 32.7 Å². The number of benzene rings is 1. The van der Waals surface area contributed by atoms with Gasteiger partial charge in [0.25, 0.3) is 0 Å². The molecule has 0 aliphatic heterocycles. The van der Waals surface area contributed by atoms with Gasteiger partial charge in [-0.2, -0.15) is 9.61 Å². The molecule has 0 unspecified atom stereocenters. The molecule has 0 N–H and O–H groups in total. The first-order valence-corrected chi connectivity index (χ1v) is 7.59. The second kappa shape index (κ2) is 5.57. The minimum atomic E-state index is 0.580. The van der Waals surface area contributed by atoms with Crippen LogP contribution in [-0.4, -0.2) is 21.2 Å². The van der Waals surface area contributed by atoms with Crippen LogP contribution in [-0.2, 0) is 0 Å². The van der Waals surface area contributed by atoms with Crippen LogP contribution in [0.5, 0.6) is 5.88 Å². The van der Waals surface area contributed by atoms with Gasteiger partial charge in [0, 0.05) is 17.8 Å². The van der Waals surface area contributed by atoms with Crippen LogP contribution < -0.4 is 4.74 Å².